The van der Waals surface area contributed by atoms with Gasteiger partial charge in [-0.05, 0) is 43.4 Å². The van der Waals surface area contributed by atoms with Crippen molar-refractivity contribution in [2.24, 2.45) is 0 Å². The van der Waals surface area contributed by atoms with Crippen molar-refractivity contribution in [3.63, 3.8) is 0 Å². The van der Waals surface area contributed by atoms with E-state index in [1.807, 2.05) is 54.3 Å². The number of nitrogens with zero attached hydrogens (tertiary/aromatic N) is 1. The Labute approximate surface area is 143 Å². The number of phenols is 1. The number of amides is 1. The Bertz CT molecular complexity index is 690. The number of rotatable bonds is 4. The zero-order valence-corrected chi connectivity index (χ0v) is 14.2. The van der Waals surface area contributed by atoms with Crippen LogP contribution in [0.15, 0.2) is 48.5 Å². The predicted molar refractivity (Wildman–Crippen MR) is 96.2 cm³/mol. The Morgan fingerprint density at radius 3 is 2.46 bits per heavy atom. The molecule has 3 rings (SSSR count). The average molecular weight is 323 g/mol. The number of phenolic OH excluding ortho intramolecular Hbond substituents is 1. The van der Waals surface area contributed by atoms with Crippen molar-refractivity contribution in [3.05, 3.63) is 65.2 Å². The van der Waals surface area contributed by atoms with Gasteiger partial charge in [-0.15, -0.1) is 0 Å². The molecule has 0 bridgehead atoms. The highest BCUT2D eigenvalue weighted by Crippen LogP contribution is 2.35. The van der Waals surface area contributed by atoms with E-state index in [0.29, 0.717) is 6.42 Å². The van der Waals surface area contributed by atoms with Gasteiger partial charge in [0.2, 0.25) is 5.91 Å². The fourth-order valence-corrected chi connectivity index (χ4v) is 3.49. The smallest absolute Gasteiger partial charge is 0.223 e. The van der Waals surface area contributed by atoms with Crippen LogP contribution in [0.3, 0.4) is 0 Å². The topological polar surface area (TPSA) is 40.5 Å². The second-order valence-corrected chi connectivity index (χ2v) is 6.67. The molecule has 3 heteroatoms. The van der Waals surface area contributed by atoms with Crippen molar-refractivity contribution < 1.29 is 9.90 Å². The number of hydrogen-bond acceptors (Lipinski definition) is 2. The van der Waals surface area contributed by atoms with E-state index < -0.39 is 0 Å². The van der Waals surface area contributed by atoms with Crippen molar-refractivity contribution in [2.75, 3.05) is 13.1 Å². The van der Waals surface area contributed by atoms with E-state index >= 15 is 0 Å². The molecule has 1 aliphatic rings. The summed E-state index contributed by atoms with van der Waals surface area (Å²) in [7, 11) is 0. The number of carbonyl (C=O) groups excluding carboxylic acids is 1. The second-order valence-electron chi connectivity index (χ2n) is 6.67. The first-order chi connectivity index (χ1) is 11.6. The molecule has 3 nitrogen and oxygen atoms in total. The molecule has 1 amide bonds. The standard InChI is InChI=1S/C21H25NO2/c1-16-10-11-18(20(23)14-16)19(17-8-4-2-5-9-17)15-21(24)22-12-6-3-7-13-22/h2,4-5,8-11,14,19,23H,3,6-7,12-13,15H2,1H3/t19-/m1/s1. The zero-order valence-electron chi connectivity index (χ0n) is 14.2. The lowest BCUT2D eigenvalue weighted by molar-refractivity contribution is -0.132. The lowest BCUT2D eigenvalue weighted by Crippen LogP contribution is -2.36. The maximum atomic E-state index is 12.8. The second kappa shape index (κ2) is 7.52. The summed E-state index contributed by atoms with van der Waals surface area (Å²) >= 11 is 0. The van der Waals surface area contributed by atoms with E-state index in [1.165, 1.54) is 6.42 Å². The third-order valence-electron chi connectivity index (χ3n) is 4.85. The number of aromatic hydroxyl groups is 1. The molecular weight excluding hydrogens is 298 g/mol. The number of hydrogen-bond donors (Lipinski definition) is 1. The van der Waals surface area contributed by atoms with Crippen LogP contribution in [0, 0.1) is 6.92 Å². The highest BCUT2D eigenvalue weighted by Gasteiger charge is 2.24. The van der Waals surface area contributed by atoms with Gasteiger partial charge in [-0.3, -0.25) is 4.79 Å². The lowest BCUT2D eigenvalue weighted by Gasteiger charge is -2.29. The van der Waals surface area contributed by atoms with Crippen LogP contribution in [0.1, 0.15) is 48.3 Å². The van der Waals surface area contributed by atoms with Crippen molar-refractivity contribution in [3.8, 4) is 5.75 Å². The summed E-state index contributed by atoms with van der Waals surface area (Å²) in [5.74, 6) is 0.347. The highest BCUT2D eigenvalue weighted by molar-refractivity contribution is 5.78. The van der Waals surface area contributed by atoms with E-state index in [0.717, 1.165) is 42.6 Å². The fourth-order valence-electron chi connectivity index (χ4n) is 3.49. The molecule has 2 aromatic rings. The van der Waals surface area contributed by atoms with Gasteiger partial charge in [0.1, 0.15) is 5.75 Å². The summed E-state index contributed by atoms with van der Waals surface area (Å²) in [6.07, 6.45) is 3.81. The van der Waals surface area contributed by atoms with Crippen LogP contribution in [0.25, 0.3) is 0 Å². The van der Waals surface area contributed by atoms with E-state index in [1.54, 1.807) is 6.07 Å². The summed E-state index contributed by atoms with van der Waals surface area (Å²) < 4.78 is 0. The molecule has 1 N–H and O–H groups in total. The van der Waals surface area contributed by atoms with Crippen molar-refractivity contribution >= 4 is 5.91 Å². The van der Waals surface area contributed by atoms with Gasteiger partial charge in [0.15, 0.2) is 0 Å². The Balaban J connectivity index is 1.89. The minimum absolute atomic E-state index is 0.110. The number of carbonyl (C=O) groups is 1. The van der Waals surface area contributed by atoms with E-state index in [4.69, 9.17) is 0 Å². The quantitative estimate of drug-likeness (QED) is 0.914. The van der Waals surface area contributed by atoms with Gasteiger partial charge in [-0.2, -0.15) is 0 Å². The molecule has 0 radical (unpaired) electrons. The average Bonchev–Trinajstić information content (AvgIpc) is 2.61. The molecule has 1 heterocycles. The fraction of sp³-hybridized carbons (Fsp3) is 0.381. The summed E-state index contributed by atoms with van der Waals surface area (Å²) in [5.41, 5.74) is 2.92. The molecule has 0 aromatic heterocycles. The number of likely N-dealkylation sites (tertiary alicyclic amines) is 1. The molecule has 1 saturated heterocycles. The minimum Gasteiger partial charge on any atom is -0.508 e. The molecule has 0 saturated carbocycles. The Morgan fingerprint density at radius 1 is 1.08 bits per heavy atom. The van der Waals surface area contributed by atoms with Gasteiger partial charge in [-0.25, -0.2) is 0 Å². The van der Waals surface area contributed by atoms with Gasteiger partial charge in [-0.1, -0.05) is 42.5 Å². The van der Waals surface area contributed by atoms with Gasteiger partial charge in [0.25, 0.3) is 0 Å². The SMILES string of the molecule is Cc1ccc([C@H](CC(=O)N2CCCCC2)c2ccccc2)c(O)c1. The first-order valence-corrected chi connectivity index (χ1v) is 8.77. The third kappa shape index (κ3) is 3.78. The molecular formula is C21H25NO2. The van der Waals surface area contributed by atoms with Crippen molar-refractivity contribution in [1.82, 2.24) is 4.90 Å². The Kier molecular flexibility index (Phi) is 5.19. The normalized spacial score (nSPS) is 16.0. The summed E-state index contributed by atoms with van der Waals surface area (Å²) in [5, 5.41) is 10.4. The van der Waals surface area contributed by atoms with E-state index in [9.17, 15) is 9.90 Å². The molecule has 2 aromatic carbocycles. The Morgan fingerprint density at radius 2 is 1.79 bits per heavy atom. The van der Waals surface area contributed by atoms with Crippen LogP contribution >= 0.6 is 0 Å². The van der Waals surface area contributed by atoms with Gasteiger partial charge in [0, 0.05) is 31.0 Å². The third-order valence-corrected chi connectivity index (χ3v) is 4.85. The number of aryl methyl sites for hydroxylation is 1. The molecule has 1 fully saturated rings. The van der Waals surface area contributed by atoms with Crippen LogP contribution in [-0.4, -0.2) is 29.0 Å². The van der Waals surface area contributed by atoms with Gasteiger partial charge >= 0.3 is 0 Å². The van der Waals surface area contributed by atoms with Crippen molar-refractivity contribution in [2.45, 2.75) is 38.5 Å². The first-order valence-electron chi connectivity index (χ1n) is 8.77. The summed E-state index contributed by atoms with van der Waals surface area (Å²) in [4.78, 5) is 14.8. The van der Waals surface area contributed by atoms with Crippen LogP contribution in [0.5, 0.6) is 5.75 Å². The summed E-state index contributed by atoms with van der Waals surface area (Å²) in [6, 6.07) is 15.7. The zero-order chi connectivity index (χ0) is 16.9. The van der Waals surface area contributed by atoms with Crippen LogP contribution in [-0.2, 0) is 4.79 Å². The summed E-state index contributed by atoms with van der Waals surface area (Å²) in [6.45, 7) is 3.68. The van der Waals surface area contributed by atoms with Gasteiger partial charge < -0.3 is 10.0 Å². The molecule has 24 heavy (non-hydrogen) atoms. The maximum Gasteiger partial charge on any atom is 0.223 e. The largest absolute Gasteiger partial charge is 0.508 e. The van der Waals surface area contributed by atoms with Gasteiger partial charge in [0.05, 0.1) is 0 Å². The maximum absolute atomic E-state index is 12.8. The highest BCUT2D eigenvalue weighted by atomic mass is 16.3. The van der Waals surface area contributed by atoms with Crippen LogP contribution in [0.2, 0.25) is 0 Å². The molecule has 126 valence electrons. The number of benzene rings is 2. The molecule has 1 atom stereocenters. The van der Waals surface area contributed by atoms with Crippen molar-refractivity contribution in [1.29, 1.82) is 0 Å². The predicted octanol–water partition coefficient (Wildman–Crippen LogP) is 4.24. The first kappa shape index (κ1) is 16.6. The van der Waals surface area contributed by atoms with Crippen LogP contribution in [0.4, 0.5) is 0 Å². The molecule has 1 aliphatic heterocycles. The molecule has 0 unspecified atom stereocenters. The van der Waals surface area contributed by atoms with E-state index in [-0.39, 0.29) is 17.6 Å². The number of piperidine rings is 1. The minimum atomic E-state index is -0.110. The molecule has 0 spiro atoms. The van der Waals surface area contributed by atoms with E-state index in [2.05, 4.69) is 0 Å². The monoisotopic (exact) mass is 323 g/mol. The Hall–Kier alpha value is -2.29. The molecule has 0 aliphatic carbocycles. The van der Waals surface area contributed by atoms with Crippen LogP contribution < -0.4 is 0 Å². The lowest BCUT2D eigenvalue weighted by atomic mass is 9.87.